The first kappa shape index (κ1) is 22.0. The zero-order chi connectivity index (χ0) is 20.5. The second-order valence-corrected chi connectivity index (χ2v) is 7.65. The summed E-state index contributed by atoms with van der Waals surface area (Å²) in [6.07, 6.45) is 2.29. The number of rotatable bonds is 10. The van der Waals surface area contributed by atoms with E-state index in [1.807, 2.05) is 62.4 Å². The van der Waals surface area contributed by atoms with Crippen LogP contribution in [0.1, 0.15) is 62.3 Å². The van der Waals surface area contributed by atoms with Gasteiger partial charge in [-0.05, 0) is 49.4 Å². The van der Waals surface area contributed by atoms with Crippen LogP contribution >= 0.6 is 0 Å². The monoisotopic (exact) mass is 383 g/mol. The summed E-state index contributed by atoms with van der Waals surface area (Å²) in [5.41, 5.74) is 3.01. The fraction of sp³-hybridized carbons (Fsp3) is 0.458. The van der Waals surface area contributed by atoms with Crippen LogP contribution < -0.4 is 10.1 Å². The molecular formula is C24H33NO3. The highest BCUT2D eigenvalue weighted by Crippen LogP contribution is 2.22. The molecule has 0 fully saturated rings. The van der Waals surface area contributed by atoms with E-state index < -0.39 is 5.92 Å². The third-order valence-corrected chi connectivity index (χ3v) is 5.03. The van der Waals surface area contributed by atoms with Crippen molar-refractivity contribution in [3.63, 3.8) is 0 Å². The summed E-state index contributed by atoms with van der Waals surface area (Å²) < 4.78 is 5.82. The zero-order valence-corrected chi connectivity index (χ0v) is 17.4. The summed E-state index contributed by atoms with van der Waals surface area (Å²) >= 11 is 0. The number of hydrogen-bond acceptors (Lipinski definition) is 3. The van der Waals surface area contributed by atoms with Crippen LogP contribution in [0.3, 0.4) is 0 Å². The lowest BCUT2D eigenvalue weighted by Gasteiger charge is -2.20. The van der Waals surface area contributed by atoms with Crippen LogP contribution in [0.25, 0.3) is 0 Å². The van der Waals surface area contributed by atoms with E-state index in [0.717, 1.165) is 29.7 Å². The van der Waals surface area contributed by atoms with Gasteiger partial charge in [-0.2, -0.15) is 0 Å². The van der Waals surface area contributed by atoms with Gasteiger partial charge in [0.05, 0.1) is 25.2 Å². The Bertz CT molecular complexity index is 725. The fourth-order valence-electron chi connectivity index (χ4n) is 3.20. The maximum absolute atomic E-state index is 12.7. The highest BCUT2D eigenvalue weighted by molar-refractivity contribution is 5.84. The molecule has 0 saturated carbocycles. The Morgan fingerprint density at radius 2 is 1.64 bits per heavy atom. The van der Waals surface area contributed by atoms with Gasteiger partial charge in [-0.3, -0.25) is 4.79 Å². The van der Waals surface area contributed by atoms with Crippen molar-refractivity contribution in [1.82, 2.24) is 5.32 Å². The first-order valence-corrected chi connectivity index (χ1v) is 10.1. The Morgan fingerprint density at radius 3 is 2.21 bits per heavy atom. The second kappa shape index (κ2) is 10.9. The molecule has 0 bridgehead atoms. The molecule has 0 aromatic heterocycles. The standard InChI is InChI=1S/C24H33NO3/c1-5-6-18(3)16-28-22-13-11-21(12-14-22)23(15-26)24(27)25-19(4)20-9-7-17(2)8-10-20/h7-14,18-19,23,26H,5-6,15-16H2,1-4H3,(H,25,27). The van der Waals surface area contributed by atoms with Crippen molar-refractivity contribution < 1.29 is 14.6 Å². The number of aliphatic hydroxyl groups is 1. The van der Waals surface area contributed by atoms with E-state index in [2.05, 4.69) is 19.2 Å². The van der Waals surface area contributed by atoms with Crippen LogP contribution in [0.4, 0.5) is 0 Å². The van der Waals surface area contributed by atoms with Crippen LogP contribution in [-0.2, 0) is 4.79 Å². The Morgan fingerprint density at radius 1 is 1.04 bits per heavy atom. The maximum atomic E-state index is 12.7. The number of carbonyl (C=O) groups excluding carboxylic acids is 1. The number of amides is 1. The molecule has 0 heterocycles. The molecular weight excluding hydrogens is 350 g/mol. The van der Waals surface area contributed by atoms with E-state index in [9.17, 15) is 9.90 Å². The van der Waals surface area contributed by atoms with E-state index >= 15 is 0 Å². The molecule has 0 saturated heterocycles. The Kier molecular flexibility index (Phi) is 8.52. The van der Waals surface area contributed by atoms with E-state index in [-0.39, 0.29) is 18.6 Å². The number of ether oxygens (including phenoxy) is 1. The van der Waals surface area contributed by atoms with Gasteiger partial charge in [0.25, 0.3) is 0 Å². The van der Waals surface area contributed by atoms with Gasteiger partial charge in [-0.25, -0.2) is 0 Å². The van der Waals surface area contributed by atoms with Gasteiger partial charge in [0.15, 0.2) is 0 Å². The van der Waals surface area contributed by atoms with E-state index in [0.29, 0.717) is 12.5 Å². The van der Waals surface area contributed by atoms with E-state index in [1.165, 1.54) is 5.56 Å². The average molecular weight is 384 g/mol. The lowest BCUT2D eigenvalue weighted by atomic mass is 9.98. The molecule has 2 rings (SSSR count). The molecule has 152 valence electrons. The number of aliphatic hydroxyl groups excluding tert-OH is 1. The van der Waals surface area contributed by atoms with E-state index in [4.69, 9.17) is 4.74 Å². The van der Waals surface area contributed by atoms with Gasteiger partial charge in [0.2, 0.25) is 5.91 Å². The minimum absolute atomic E-state index is 0.121. The minimum atomic E-state index is -0.596. The Labute approximate surface area is 168 Å². The molecule has 2 N–H and O–H groups in total. The van der Waals surface area contributed by atoms with Crippen LogP contribution in [0, 0.1) is 12.8 Å². The molecule has 2 aromatic carbocycles. The first-order valence-electron chi connectivity index (χ1n) is 10.1. The van der Waals surface area contributed by atoms with E-state index in [1.54, 1.807) is 0 Å². The quantitative estimate of drug-likeness (QED) is 0.622. The van der Waals surface area contributed by atoms with Crippen molar-refractivity contribution in [2.24, 2.45) is 5.92 Å². The van der Waals surface area contributed by atoms with Crippen LogP contribution in [-0.4, -0.2) is 24.2 Å². The minimum Gasteiger partial charge on any atom is -0.493 e. The van der Waals surface area contributed by atoms with Crippen LogP contribution in [0.5, 0.6) is 5.75 Å². The summed E-state index contributed by atoms with van der Waals surface area (Å²) in [5, 5.41) is 12.8. The summed E-state index contributed by atoms with van der Waals surface area (Å²) in [5.74, 6) is 0.530. The molecule has 3 unspecified atom stereocenters. The lowest BCUT2D eigenvalue weighted by molar-refractivity contribution is -0.124. The van der Waals surface area contributed by atoms with Crippen molar-refractivity contribution >= 4 is 5.91 Å². The normalized spacial score (nSPS) is 14.2. The SMILES string of the molecule is CCCC(C)COc1ccc(C(CO)C(=O)NC(C)c2ccc(C)cc2)cc1. The molecule has 2 aromatic rings. The molecule has 0 radical (unpaired) electrons. The largest absolute Gasteiger partial charge is 0.493 e. The van der Waals surface area contributed by atoms with Crippen LogP contribution in [0.2, 0.25) is 0 Å². The summed E-state index contributed by atoms with van der Waals surface area (Å²) in [6.45, 7) is 8.79. The van der Waals surface area contributed by atoms with Gasteiger partial charge >= 0.3 is 0 Å². The van der Waals surface area contributed by atoms with Crippen molar-refractivity contribution in [3.8, 4) is 5.75 Å². The number of aryl methyl sites for hydroxylation is 1. The summed E-state index contributed by atoms with van der Waals surface area (Å²) in [6, 6.07) is 15.4. The molecule has 28 heavy (non-hydrogen) atoms. The van der Waals surface area contributed by atoms with Gasteiger partial charge in [0.1, 0.15) is 5.75 Å². The van der Waals surface area contributed by atoms with Crippen molar-refractivity contribution in [3.05, 3.63) is 65.2 Å². The predicted molar refractivity (Wildman–Crippen MR) is 114 cm³/mol. The van der Waals surface area contributed by atoms with Crippen molar-refractivity contribution in [1.29, 1.82) is 0 Å². The zero-order valence-electron chi connectivity index (χ0n) is 17.4. The molecule has 1 amide bonds. The fourth-order valence-corrected chi connectivity index (χ4v) is 3.20. The summed E-state index contributed by atoms with van der Waals surface area (Å²) in [4.78, 5) is 12.7. The molecule has 0 aliphatic heterocycles. The number of hydrogen-bond donors (Lipinski definition) is 2. The van der Waals surface area contributed by atoms with Gasteiger partial charge in [-0.1, -0.05) is 62.2 Å². The Hall–Kier alpha value is -2.33. The van der Waals surface area contributed by atoms with Gasteiger partial charge in [0, 0.05) is 0 Å². The molecule has 4 heteroatoms. The van der Waals surface area contributed by atoms with Gasteiger partial charge < -0.3 is 15.2 Å². The third kappa shape index (κ3) is 6.38. The summed E-state index contributed by atoms with van der Waals surface area (Å²) in [7, 11) is 0. The van der Waals surface area contributed by atoms with Crippen molar-refractivity contribution in [2.75, 3.05) is 13.2 Å². The number of carbonyl (C=O) groups is 1. The molecule has 4 nitrogen and oxygen atoms in total. The predicted octanol–water partition coefficient (Wildman–Crippen LogP) is 4.76. The lowest BCUT2D eigenvalue weighted by Crippen LogP contribution is -2.33. The molecule has 0 spiro atoms. The number of nitrogens with one attached hydrogen (secondary N) is 1. The highest BCUT2D eigenvalue weighted by Gasteiger charge is 2.22. The molecule has 3 atom stereocenters. The average Bonchev–Trinajstić information content (AvgIpc) is 2.68. The first-order chi connectivity index (χ1) is 13.4. The third-order valence-electron chi connectivity index (χ3n) is 5.03. The maximum Gasteiger partial charge on any atom is 0.230 e. The highest BCUT2D eigenvalue weighted by atomic mass is 16.5. The molecule has 0 aliphatic carbocycles. The van der Waals surface area contributed by atoms with Crippen molar-refractivity contribution in [2.45, 2.75) is 52.5 Å². The van der Waals surface area contributed by atoms with Crippen LogP contribution in [0.15, 0.2) is 48.5 Å². The topological polar surface area (TPSA) is 58.6 Å². The second-order valence-electron chi connectivity index (χ2n) is 7.65. The Balaban J connectivity index is 1.97. The number of benzene rings is 2. The smallest absolute Gasteiger partial charge is 0.230 e. The van der Waals surface area contributed by atoms with Gasteiger partial charge in [-0.15, -0.1) is 0 Å². The molecule has 0 aliphatic rings.